The Morgan fingerprint density at radius 1 is 1.32 bits per heavy atom. The highest BCUT2D eigenvalue weighted by atomic mass is 35.5. The number of nitrogens with zero attached hydrogens (tertiary/aromatic N) is 2. The topological polar surface area (TPSA) is 62.5 Å². The molecule has 0 saturated heterocycles. The second-order valence-electron chi connectivity index (χ2n) is 4.61. The summed E-state index contributed by atoms with van der Waals surface area (Å²) >= 11 is 5.69. The van der Waals surface area contributed by atoms with E-state index in [2.05, 4.69) is 6.58 Å². The highest BCUT2D eigenvalue weighted by Crippen LogP contribution is 2.36. The molecule has 0 fully saturated rings. The maximum absolute atomic E-state index is 12.7. The van der Waals surface area contributed by atoms with Crippen LogP contribution in [0.4, 0.5) is 0 Å². The van der Waals surface area contributed by atoms with Gasteiger partial charge in [-0.1, -0.05) is 12.7 Å². The fraction of sp³-hybridized carbons (Fsp3) is 0.333. The molecule has 1 aromatic heterocycles. The molecule has 0 amide bonds. The standard InChI is InChI=1S/C15H17ClN2O4/c1-5-9-12-10(8-11(21-3)13(9)22-4)17(2)15(20)18(7-6-16)14(12)19/h5,8H,1,6-7H2,2-4H3. The summed E-state index contributed by atoms with van der Waals surface area (Å²) in [4.78, 5) is 25.0. The van der Waals surface area contributed by atoms with Crippen molar-refractivity contribution < 1.29 is 9.47 Å². The zero-order valence-electron chi connectivity index (χ0n) is 12.7. The van der Waals surface area contributed by atoms with Crippen LogP contribution in [0.15, 0.2) is 22.2 Å². The fourth-order valence-electron chi connectivity index (χ4n) is 2.48. The third-order valence-corrected chi connectivity index (χ3v) is 3.71. The Bertz CT molecular complexity index is 851. The zero-order valence-corrected chi connectivity index (χ0v) is 13.4. The fourth-order valence-corrected chi connectivity index (χ4v) is 2.65. The van der Waals surface area contributed by atoms with Gasteiger partial charge in [-0.3, -0.25) is 13.9 Å². The second kappa shape index (κ2) is 6.27. The van der Waals surface area contributed by atoms with Crippen molar-refractivity contribution in [1.82, 2.24) is 9.13 Å². The maximum Gasteiger partial charge on any atom is 0.331 e. The molecule has 0 spiro atoms. The van der Waals surface area contributed by atoms with Crippen LogP contribution in [0.3, 0.4) is 0 Å². The summed E-state index contributed by atoms with van der Waals surface area (Å²) in [5, 5.41) is 0.347. The molecule has 1 heterocycles. The number of aryl methyl sites for hydroxylation is 1. The first-order valence-electron chi connectivity index (χ1n) is 6.58. The largest absolute Gasteiger partial charge is 0.493 e. The molecule has 22 heavy (non-hydrogen) atoms. The van der Waals surface area contributed by atoms with Crippen molar-refractivity contribution in [2.24, 2.45) is 7.05 Å². The highest BCUT2D eigenvalue weighted by Gasteiger charge is 2.19. The summed E-state index contributed by atoms with van der Waals surface area (Å²) in [6.07, 6.45) is 1.51. The van der Waals surface area contributed by atoms with Gasteiger partial charge in [-0.15, -0.1) is 11.6 Å². The minimum absolute atomic E-state index is 0.133. The first kappa shape index (κ1) is 16.2. The number of benzene rings is 1. The monoisotopic (exact) mass is 324 g/mol. The lowest BCUT2D eigenvalue weighted by Gasteiger charge is -2.16. The number of rotatable bonds is 5. The summed E-state index contributed by atoms with van der Waals surface area (Å²) in [5.41, 5.74) is 0.0872. The van der Waals surface area contributed by atoms with Crippen LogP contribution in [0.5, 0.6) is 11.5 Å². The van der Waals surface area contributed by atoms with Crippen molar-refractivity contribution in [3.05, 3.63) is 39.0 Å². The molecule has 0 atom stereocenters. The molecule has 0 aliphatic carbocycles. The Kier molecular flexibility index (Phi) is 4.61. The van der Waals surface area contributed by atoms with Crippen molar-refractivity contribution in [3.8, 4) is 11.5 Å². The van der Waals surface area contributed by atoms with Crippen LogP contribution in [-0.2, 0) is 13.6 Å². The average Bonchev–Trinajstić information content (AvgIpc) is 2.54. The van der Waals surface area contributed by atoms with Gasteiger partial charge in [0, 0.05) is 31.1 Å². The van der Waals surface area contributed by atoms with Gasteiger partial charge in [-0.05, 0) is 0 Å². The lowest BCUT2D eigenvalue weighted by Crippen LogP contribution is -2.39. The van der Waals surface area contributed by atoms with E-state index in [0.29, 0.717) is 28.0 Å². The van der Waals surface area contributed by atoms with Crippen molar-refractivity contribution in [3.63, 3.8) is 0 Å². The number of hydrogen-bond donors (Lipinski definition) is 0. The Balaban J connectivity index is 3.11. The third kappa shape index (κ3) is 2.29. The Hall–Kier alpha value is -2.21. The molecule has 2 rings (SSSR count). The van der Waals surface area contributed by atoms with E-state index >= 15 is 0 Å². The summed E-state index contributed by atoms with van der Waals surface area (Å²) in [6, 6.07) is 1.61. The number of methoxy groups -OCH3 is 2. The predicted octanol–water partition coefficient (Wildman–Crippen LogP) is 1.60. The highest BCUT2D eigenvalue weighted by molar-refractivity contribution is 6.17. The summed E-state index contributed by atoms with van der Waals surface area (Å²) in [6.45, 7) is 3.87. The van der Waals surface area contributed by atoms with Gasteiger partial charge in [0.2, 0.25) is 0 Å². The minimum atomic E-state index is -0.430. The van der Waals surface area contributed by atoms with Crippen LogP contribution >= 0.6 is 11.6 Å². The van der Waals surface area contributed by atoms with Gasteiger partial charge in [-0.2, -0.15) is 0 Å². The van der Waals surface area contributed by atoms with Gasteiger partial charge in [0.15, 0.2) is 11.5 Å². The van der Waals surface area contributed by atoms with Crippen LogP contribution in [0.25, 0.3) is 17.0 Å². The number of ether oxygens (including phenoxy) is 2. The van der Waals surface area contributed by atoms with E-state index in [9.17, 15) is 9.59 Å². The molecule has 1 aromatic carbocycles. The number of fused-ring (bicyclic) bond motifs is 1. The summed E-state index contributed by atoms with van der Waals surface area (Å²) < 4.78 is 13.1. The molecule has 0 aliphatic heterocycles. The van der Waals surface area contributed by atoms with Crippen molar-refractivity contribution in [2.45, 2.75) is 6.54 Å². The van der Waals surface area contributed by atoms with Crippen LogP contribution < -0.4 is 20.7 Å². The van der Waals surface area contributed by atoms with Gasteiger partial charge >= 0.3 is 5.69 Å². The van der Waals surface area contributed by atoms with E-state index in [-0.39, 0.29) is 12.4 Å². The number of hydrogen-bond acceptors (Lipinski definition) is 4. The zero-order chi connectivity index (χ0) is 16.4. The maximum atomic E-state index is 12.7. The lowest BCUT2D eigenvalue weighted by atomic mass is 10.1. The third-order valence-electron chi connectivity index (χ3n) is 3.54. The van der Waals surface area contributed by atoms with E-state index in [1.807, 2.05) is 0 Å². The SMILES string of the molecule is C=Cc1c(OC)c(OC)cc2c1c(=O)n(CCCl)c(=O)n2C. The first-order valence-corrected chi connectivity index (χ1v) is 7.12. The molecule has 0 unspecified atom stereocenters. The van der Waals surface area contributed by atoms with E-state index in [1.54, 1.807) is 13.1 Å². The lowest BCUT2D eigenvalue weighted by molar-refractivity contribution is 0.355. The van der Waals surface area contributed by atoms with Gasteiger partial charge in [0.05, 0.1) is 25.1 Å². The van der Waals surface area contributed by atoms with E-state index in [0.717, 1.165) is 4.57 Å². The van der Waals surface area contributed by atoms with E-state index in [1.165, 1.54) is 24.9 Å². The second-order valence-corrected chi connectivity index (χ2v) is 4.99. The molecule has 0 N–H and O–H groups in total. The van der Waals surface area contributed by atoms with Crippen LogP contribution in [0.2, 0.25) is 0 Å². The van der Waals surface area contributed by atoms with Gasteiger partial charge < -0.3 is 9.47 Å². The number of aromatic nitrogens is 2. The van der Waals surface area contributed by atoms with Gasteiger partial charge in [0.1, 0.15) is 0 Å². The molecular weight excluding hydrogens is 308 g/mol. The van der Waals surface area contributed by atoms with E-state index < -0.39 is 11.2 Å². The first-order chi connectivity index (χ1) is 10.5. The molecule has 0 radical (unpaired) electrons. The summed E-state index contributed by atoms with van der Waals surface area (Å²) in [7, 11) is 4.56. The Labute approximate surface area is 132 Å². The minimum Gasteiger partial charge on any atom is -0.493 e. The summed E-state index contributed by atoms with van der Waals surface area (Å²) in [5.74, 6) is 0.991. The molecule has 2 aromatic rings. The molecule has 7 heteroatoms. The predicted molar refractivity (Wildman–Crippen MR) is 87.4 cm³/mol. The van der Waals surface area contributed by atoms with Gasteiger partial charge in [0.25, 0.3) is 5.56 Å². The van der Waals surface area contributed by atoms with Crippen molar-refractivity contribution in [1.29, 1.82) is 0 Å². The van der Waals surface area contributed by atoms with Crippen LogP contribution in [0.1, 0.15) is 5.56 Å². The Morgan fingerprint density at radius 3 is 2.50 bits per heavy atom. The quantitative estimate of drug-likeness (QED) is 0.784. The molecule has 0 aliphatic rings. The molecule has 118 valence electrons. The molecule has 0 bridgehead atoms. The Morgan fingerprint density at radius 2 is 2.00 bits per heavy atom. The van der Waals surface area contributed by atoms with Crippen LogP contribution in [0, 0.1) is 0 Å². The number of halogens is 1. The molecule has 6 nitrogen and oxygen atoms in total. The smallest absolute Gasteiger partial charge is 0.331 e. The average molecular weight is 325 g/mol. The normalized spacial score (nSPS) is 10.7. The van der Waals surface area contributed by atoms with Gasteiger partial charge in [-0.25, -0.2) is 4.79 Å². The molecule has 0 saturated carbocycles. The van der Waals surface area contributed by atoms with Crippen LogP contribution in [-0.4, -0.2) is 29.2 Å². The number of alkyl halides is 1. The van der Waals surface area contributed by atoms with Crippen molar-refractivity contribution >= 4 is 28.6 Å². The van der Waals surface area contributed by atoms with Crippen molar-refractivity contribution in [2.75, 3.05) is 20.1 Å². The van der Waals surface area contributed by atoms with E-state index in [4.69, 9.17) is 21.1 Å². The molecular formula is C15H17ClN2O4.